The molecule has 0 aliphatic carbocycles. The van der Waals surface area contributed by atoms with Crippen molar-refractivity contribution in [3.63, 3.8) is 0 Å². The molecule has 0 N–H and O–H groups in total. The van der Waals surface area contributed by atoms with Crippen molar-refractivity contribution in [1.29, 1.82) is 0 Å². The zero-order valence-corrected chi connectivity index (χ0v) is 23.6. The maximum atomic E-state index is 15.6. The molecule has 1 fully saturated rings. The van der Waals surface area contributed by atoms with Crippen molar-refractivity contribution >= 4 is 26.8 Å². The predicted molar refractivity (Wildman–Crippen MR) is 155 cm³/mol. The van der Waals surface area contributed by atoms with Crippen LogP contribution in [0.3, 0.4) is 0 Å². The summed E-state index contributed by atoms with van der Waals surface area (Å²) in [4.78, 5) is 0. The normalized spacial score (nSPS) is 17.8. The molecule has 1 heterocycles. The first kappa shape index (κ1) is 28.0. The minimum atomic E-state index is -1.91. The van der Waals surface area contributed by atoms with Crippen LogP contribution >= 0.6 is 16.1 Å². The summed E-state index contributed by atoms with van der Waals surface area (Å²) in [6, 6.07) is 28.7. The van der Waals surface area contributed by atoms with E-state index in [9.17, 15) is 8.78 Å². The largest absolute Gasteiger partial charge is 0.251 e. The highest BCUT2D eigenvalue weighted by molar-refractivity contribution is 7.79. The summed E-state index contributed by atoms with van der Waals surface area (Å²) in [5, 5.41) is 0.192. The van der Waals surface area contributed by atoms with Crippen LogP contribution in [0.5, 0.6) is 0 Å². The van der Waals surface area contributed by atoms with E-state index >= 15 is 8.78 Å². The summed E-state index contributed by atoms with van der Waals surface area (Å²) in [6.45, 7) is 2.66. The van der Waals surface area contributed by atoms with Crippen molar-refractivity contribution < 1.29 is 17.6 Å². The molecule has 5 rings (SSSR count). The van der Waals surface area contributed by atoms with Gasteiger partial charge < -0.3 is 0 Å². The zero-order chi connectivity index (χ0) is 27.4. The monoisotopic (exact) mass is 567 g/mol. The van der Waals surface area contributed by atoms with Crippen molar-refractivity contribution in [2.75, 3.05) is 6.54 Å². The van der Waals surface area contributed by atoms with E-state index in [1.807, 2.05) is 36.4 Å². The lowest BCUT2D eigenvalue weighted by Gasteiger charge is -2.42. The fourth-order valence-electron chi connectivity index (χ4n) is 5.42. The number of benzene rings is 4. The zero-order valence-electron chi connectivity index (χ0n) is 21.8. The number of nitrogens with zero attached hydrogens (tertiary/aromatic N) is 1. The smallest absolute Gasteiger partial charge is 0.168 e. The number of rotatable bonds is 9. The van der Waals surface area contributed by atoms with Crippen LogP contribution in [-0.2, 0) is 0 Å². The van der Waals surface area contributed by atoms with Gasteiger partial charge in [-0.3, -0.25) is 4.44 Å². The summed E-state index contributed by atoms with van der Waals surface area (Å²) in [5.74, 6) is -3.94. The molecule has 0 spiro atoms. The van der Waals surface area contributed by atoms with Crippen LogP contribution in [0.2, 0.25) is 0 Å². The Labute approximate surface area is 230 Å². The molecule has 1 aliphatic rings. The van der Waals surface area contributed by atoms with Gasteiger partial charge in [0.15, 0.2) is 23.3 Å². The Morgan fingerprint density at radius 2 is 1.13 bits per heavy atom. The van der Waals surface area contributed by atoms with Crippen LogP contribution in [0.25, 0.3) is 0 Å². The molecular weight excluding hydrogens is 536 g/mol. The minimum Gasteiger partial charge on any atom is -0.251 e. The molecule has 0 bridgehead atoms. The second-order valence-electron chi connectivity index (χ2n) is 9.72. The third kappa shape index (κ3) is 5.82. The average molecular weight is 568 g/mol. The molecule has 0 aromatic heterocycles. The summed E-state index contributed by atoms with van der Waals surface area (Å²) < 4.78 is 62.8. The van der Waals surface area contributed by atoms with E-state index in [-0.39, 0.29) is 21.9 Å². The average Bonchev–Trinajstić information content (AvgIpc) is 3.41. The second-order valence-corrected chi connectivity index (χ2v) is 14.6. The van der Waals surface area contributed by atoms with Crippen molar-refractivity contribution in [2.45, 2.75) is 43.9 Å². The first-order valence-electron chi connectivity index (χ1n) is 13.3. The molecule has 0 amide bonds. The highest BCUT2D eigenvalue weighted by Crippen LogP contribution is 2.76. The molecular formula is C32H31F4NP2. The van der Waals surface area contributed by atoms with E-state index in [0.717, 1.165) is 37.8 Å². The Balaban J connectivity index is 1.74. The van der Waals surface area contributed by atoms with Crippen LogP contribution in [0.1, 0.15) is 55.1 Å². The number of halogens is 4. The molecule has 1 aliphatic heterocycles. The van der Waals surface area contributed by atoms with Gasteiger partial charge >= 0.3 is 0 Å². The lowest BCUT2D eigenvalue weighted by atomic mass is 10.0. The van der Waals surface area contributed by atoms with Gasteiger partial charge in [0.1, 0.15) is 0 Å². The van der Waals surface area contributed by atoms with Crippen LogP contribution in [0.15, 0.2) is 97.1 Å². The third-order valence-corrected chi connectivity index (χ3v) is 13.8. The van der Waals surface area contributed by atoms with Gasteiger partial charge in [-0.2, -0.15) is 0 Å². The van der Waals surface area contributed by atoms with Crippen molar-refractivity contribution in [2.24, 2.45) is 0 Å². The van der Waals surface area contributed by atoms with Gasteiger partial charge in [-0.1, -0.05) is 86.1 Å². The van der Waals surface area contributed by atoms with Crippen molar-refractivity contribution in [1.82, 2.24) is 4.44 Å². The van der Waals surface area contributed by atoms with E-state index in [1.165, 1.54) is 35.4 Å². The summed E-state index contributed by atoms with van der Waals surface area (Å²) in [5.41, 5.74) is 2.69. The predicted octanol–water partition coefficient (Wildman–Crippen LogP) is 9.37. The van der Waals surface area contributed by atoms with Crippen LogP contribution < -0.4 is 10.6 Å². The Morgan fingerprint density at radius 1 is 0.667 bits per heavy atom. The molecule has 1 nitrogen and oxygen atoms in total. The maximum absolute atomic E-state index is 15.6. The Hall–Kier alpha value is -2.58. The van der Waals surface area contributed by atoms with Gasteiger partial charge in [0.2, 0.25) is 0 Å². The molecule has 39 heavy (non-hydrogen) atoms. The molecule has 0 unspecified atom stereocenters. The highest BCUT2D eigenvalue weighted by Gasteiger charge is 2.45. The molecule has 202 valence electrons. The van der Waals surface area contributed by atoms with Gasteiger partial charge in [0, 0.05) is 36.5 Å². The summed E-state index contributed by atoms with van der Waals surface area (Å²) >= 11 is 0. The first-order chi connectivity index (χ1) is 19.0. The number of unbranched alkanes of at least 4 members (excludes halogenated alkanes) is 1. The van der Waals surface area contributed by atoms with Gasteiger partial charge in [0.05, 0.1) is 0 Å². The Bertz CT molecular complexity index is 1290. The molecule has 4 aromatic carbocycles. The van der Waals surface area contributed by atoms with Gasteiger partial charge in [-0.05, 0) is 62.7 Å². The number of hydrogen-bond donors (Lipinski definition) is 0. The molecule has 4 aromatic rings. The first-order valence-corrected chi connectivity index (χ1v) is 16.1. The molecule has 0 radical (unpaired) electrons. The van der Waals surface area contributed by atoms with Gasteiger partial charge in [-0.15, -0.1) is 0 Å². The highest BCUT2D eigenvalue weighted by atomic mass is 31.2. The Morgan fingerprint density at radius 3 is 1.56 bits per heavy atom. The van der Waals surface area contributed by atoms with E-state index in [4.69, 9.17) is 0 Å². The lowest BCUT2D eigenvalue weighted by Crippen LogP contribution is -2.31. The standard InChI is InChI=1S/C32H31F4NP2/c1-2-3-22-37(39(29-18-10-16-25(33)31(29)35)30-19-11-17-26(34)32(30)36)38-27(23-12-6-4-7-13-23)20-21-28(38)24-14-8-5-9-15-24/h4-19,27-28H,2-3,20-22H2,1H3/t27-,28-/m0/s1. The Kier molecular flexibility index (Phi) is 9.13. The summed E-state index contributed by atoms with van der Waals surface area (Å²) in [6.07, 6.45) is 3.54. The molecule has 2 atom stereocenters. The third-order valence-electron chi connectivity index (χ3n) is 7.25. The van der Waals surface area contributed by atoms with Crippen molar-refractivity contribution in [3.05, 3.63) is 131 Å². The quantitative estimate of drug-likeness (QED) is 0.144. The van der Waals surface area contributed by atoms with Crippen LogP contribution in [0.4, 0.5) is 17.6 Å². The van der Waals surface area contributed by atoms with Crippen molar-refractivity contribution in [3.8, 4) is 0 Å². The van der Waals surface area contributed by atoms with Gasteiger partial charge in [0.25, 0.3) is 0 Å². The van der Waals surface area contributed by atoms with E-state index in [2.05, 4.69) is 35.6 Å². The topological polar surface area (TPSA) is 3.24 Å². The fourth-order valence-corrected chi connectivity index (χ4v) is 12.9. The lowest BCUT2D eigenvalue weighted by molar-refractivity contribution is 0.511. The van der Waals surface area contributed by atoms with Crippen LogP contribution in [0, 0.1) is 23.3 Å². The fraction of sp³-hybridized carbons (Fsp3) is 0.250. The second kappa shape index (κ2) is 12.7. The maximum Gasteiger partial charge on any atom is 0.168 e. The van der Waals surface area contributed by atoms with E-state index in [1.54, 1.807) is 0 Å². The molecule has 0 saturated carbocycles. The van der Waals surface area contributed by atoms with Crippen LogP contribution in [-0.4, -0.2) is 11.0 Å². The van der Waals surface area contributed by atoms with Gasteiger partial charge in [-0.25, -0.2) is 17.6 Å². The van der Waals surface area contributed by atoms with E-state index in [0.29, 0.717) is 6.54 Å². The van der Waals surface area contributed by atoms with E-state index < -0.39 is 39.4 Å². The number of hydrogen-bond acceptors (Lipinski definition) is 1. The molecule has 7 heteroatoms. The summed E-state index contributed by atoms with van der Waals surface area (Å²) in [7, 11) is -2.96. The minimum absolute atomic E-state index is 0.0960. The SMILES string of the molecule is CCCCN(P(c1cccc(F)c1F)c1cccc(F)c1F)P1[C@H](c2ccccc2)CC[C@H]1c1ccccc1. The molecule has 1 saturated heterocycles.